The van der Waals surface area contributed by atoms with Crippen molar-refractivity contribution in [3.8, 4) is 0 Å². The van der Waals surface area contributed by atoms with E-state index in [1.165, 1.54) is 12.1 Å². The second-order valence-corrected chi connectivity index (χ2v) is 6.08. The number of halogens is 1. The number of benzene rings is 1. The van der Waals surface area contributed by atoms with E-state index in [9.17, 15) is 9.50 Å². The summed E-state index contributed by atoms with van der Waals surface area (Å²) in [6, 6.07) is 4.60. The monoisotopic (exact) mass is 280 g/mol. The fourth-order valence-corrected chi connectivity index (χ4v) is 3.22. The van der Waals surface area contributed by atoms with Crippen molar-refractivity contribution >= 4 is 0 Å². The van der Waals surface area contributed by atoms with Crippen LogP contribution in [-0.4, -0.2) is 17.3 Å². The lowest BCUT2D eigenvalue weighted by atomic mass is 9.74. The van der Waals surface area contributed by atoms with E-state index in [-0.39, 0.29) is 5.82 Å². The third kappa shape index (κ3) is 3.04. The van der Waals surface area contributed by atoms with Gasteiger partial charge in [0, 0.05) is 6.61 Å². The summed E-state index contributed by atoms with van der Waals surface area (Å²) in [4.78, 5) is 0. The van der Waals surface area contributed by atoms with Crippen LogP contribution in [0.1, 0.15) is 56.8 Å². The first-order valence-electron chi connectivity index (χ1n) is 7.56. The highest BCUT2D eigenvalue weighted by Crippen LogP contribution is 2.43. The average molecular weight is 280 g/mol. The number of aliphatic hydroxyl groups excluding tert-OH is 1. The Hall–Kier alpha value is -0.930. The maximum atomic E-state index is 13.5. The molecule has 2 rings (SSSR count). The fourth-order valence-electron chi connectivity index (χ4n) is 3.22. The van der Waals surface area contributed by atoms with Crippen molar-refractivity contribution in [2.75, 3.05) is 6.61 Å². The molecule has 1 aliphatic rings. The molecule has 2 nitrogen and oxygen atoms in total. The molecule has 112 valence electrons. The van der Waals surface area contributed by atoms with Gasteiger partial charge in [-0.25, -0.2) is 4.39 Å². The third-order valence-electron chi connectivity index (χ3n) is 4.59. The zero-order chi connectivity index (χ0) is 14.8. The number of rotatable bonds is 4. The van der Waals surface area contributed by atoms with Gasteiger partial charge in [0.1, 0.15) is 11.9 Å². The second-order valence-electron chi connectivity index (χ2n) is 6.08. The molecule has 0 heterocycles. The quantitative estimate of drug-likeness (QED) is 0.897. The molecule has 0 saturated heterocycles. The molecule has 1 unspecified atom stereocenters. The molecular weight excluding hydrogens is 255 g/mol. The minimum Gasteiger partial charge on any atom is -0.385 e. The van der Waals surface area contributed by atoms with E-state index < -0.39 is 11.7 Å². The molecular formula is C17H25FO2. The first kappa shape index (κ1) is 15.5. The van der Waals surface area contributed by atoms with Gasteiger partial charge >= 0.3 is 0 Å². The molecule has 1 N–H and O–H groups in total. The Morgan fingerprint density at radius 2 is 2.05 bits per heavy atom. The highest BCUT2D eigenvalue weighted by molar-refractivity contribution is 5.30. The molecule has 0 aromatic heterocycles. The Bertz CT molecular complexity index is 450. The van der Waals surface area contributed by atoms with Gasteiger partial charge in [-0.2, -0.15) is 0 Å². The highest BCUT2D eigenvalue weighted by Gasteiger charge is 2.42. The van der Waals surface area contributed by atoms with Crippen molar-refractivity contribution in [2.45, 2.75) is 58.2 Å². The minimum absolute atomic E-state index is 0.305. The topological polar surface area (TPSA) is 29.5 Å². The number of aliphatic hydroxyl groups is 1. The zero-order valence-electron chi connectivity index (χ0n) is 12.7. The largest absolute Gasteiger partial charge is 0.385 e. The summed E-state index contributed by atoms with van der Waals surface area (Å²) in [5, 5.41) is 10.8. The molecule has 1 aromatic carbocycles. The maximum absolute atomic E-state index is 13.5. The highest BCUT2D eigenvalue weighted by atomic mass is 19.1. The second kappa shape index (κ2) is 6.23. The summed E-state index contributed by atoms with van der Waals surface area (Å²) in [5.74, 6) is 0.366. The fraction of sp³-hybridized carbons (Fsp3) is 0.647. The molecule has 1 saturated carbocycles. The lowest BCUT2D eigenvalue weighted by Crippen LogP contribution is -2.43. The molecule has 1 fully saturated rings. The van der Waals surface area contributed by atoms with Crippen LogP contribution in [-0.2, 0) is 4.74 Å². The Labute approximate surface area is 121 Å². The van der Waals surface area contributed by atoms with Gasteiger partial charge in [-0.15, -0.1) is 0 Å². The standard InChI is InChI=1S/C17H25FO2/c1-4-20-17(9-7-12(2)8-10-17)16(19)15-11-14(18)6-5-13(15)3/h5-6,11-12,16,19H,4,7-10H2,1-3H3. The van der Waals surface area contributed by atoms with Crippen molar-refractivity contribution in [1.82, 2.24) is 0 Å². The van der Waals surface area contributed by atoms with E-state index in [0.29, 0.717) is 18.1 Å². The summed E-state index contributed by atoms with van der Waals surface area (Å²) in [6.45, 7) is 6.66. The Kier molecular flexibility index (Phi) is 4.82. The molecule has 20 heavy (non-hydrogen) atoms. The number of hydrogen-bond donors (Lipinski definition) is 1. The Balaban J connectivity index is 2.31. The molecule has 0 aliphatic heterocycles. The molecule has 3 heteroatoms. The van der Waals surface area contributed by atoms with Gasteiger partial charge in [0.15, 0.2) is 0 Å². The lowest BCUT2D eigenvalue weighted by molar-refractivity contribution is -0.146. The van der Waals surface area contributed by atoms with E-state index in [2.05, 4.69) is 6.92 Å². The predicted molar refractivity (Wildman–Crippen MR) is 78.1 cm³/mol. The van der Waals surface area contributed by atoms with Gasteiger partial charge in [0.05, 0.1) is 5.60 Å². The van der Waals surface area contributed by atoms with Crippen molar-refractivity contribution in [2.24, 2.45) is 5.92 Å². The van der Waals surface area contributed by atoms with Crippen LogP contribution >= 0.6 is 0 Å². The summed E-state index contributed by atoms with van der Waals surface area (Å²) in [7, 11) is 0. The van der Waals surface area contributed by atoms with Crippen LogP contribution in [0, 0.1) is 18.7 Å². The lowest BCUT2D eigenvalue weighted by Gasteiger charge is -2.43. The predicted octanol–water partition coefficient (Wildman–Crippen LogP) is 4.15. The summed E-state index contributed by atoms with van der Waals surface area (Å²) in [5.41, 5.74) is 1.02. The van der Waals surface area contributed by atoms with Crippen LogP contribution in [0.3, 0.4) is 0 Å². The molecule has 1 aliphatic carbocycles. The third-order valence-corrected chi connectivity index (χ3v) is 4.59. The first-order valence-corrected chi connectivity index (χ1v) is 7.56. The molecule has 1 atom stereocenters. The SMILES string of the molecule is CCOC1(C(O)c2cc(F)ccc2C)CCC(C)CC1. The molecule has 0 spiro atoms. The van der Waals surface area contributed by atoms with E-state index in [1.54, 1.807) is 6.07 Å². The molecule has 0 radical (unpaired) electrons. The van der Waals surface area contributed by atoms with Crippen LogP contribution in [0.4, 0.5) is 4.39 Å². The summed E-state index contributed by atoms with van der Waals surface area (Å²) < 4.78 is 19.5. The van der Waals surface area contributed by atoms with Crippen LogP contribution in [0.15, 0.2) is 18.2 Å². The van der Waals surface area contributed by atoms with Crippen molar-refractivity contribution in [3.05, 3.63) is 35.1 Å². The Morgan fingerprint density at radius 3 is 2.65 bits per heavy atom. The molecule has 0 bridgehead atoms. The van der Waals surface area contributed by atoms with E-state index in [0.717, 1.165) is 31.2 Å². The minimum atomic E-state index is -0.759. The van der Waals surface area contributed by atoms with Gasteiger partial charge in [-0.1, -0.05) is 13.0 Å². The van der Waals surface area contributed by atoms with Crippen molar-refractivity contribution in [3.63, 3.8) is 0 Å². The van der Waals surface area contributed by atoms with E-state index in [1.807, 2.05) is 13.8 Å². The summed E-state index contributed by atoms with van der Waals surface area (Å²) >= 11 is 0. The van der Waals surface area contributed by atoms with Gasteiger partial charge < -0.3 is 9.84 Å². The van der Waals surface area contributed by atoms with Crippen molar-refractivity contribution in [1.29, 1.82) is 0 Å². The summed E-state index contributed by atoms with van der Waals surface area (Å²) in [6.07, 6.45) is 3.00. The van der Waals surface area contributed by atoms with Crippen LogP contribution in [0.25, 0.3) is 0 Å². The molecule has 0 amide bonds. The van der Waals surface area contributed by atoms with Crippen LogP contribution < -0.4 is 0 Å². The van der Waals surface area contributed by atoms with Gasteiger partial charge in [0.2, 0.25) is 0 Å². The van der Waals surface area contributed by atoms with Crippen LogP contribution in [0.5, 0.6) is 0 Å². The van der Waals surface area contributed by atoms with E-state index >= 15 is 0 Å². The van der Waals surface area contributed by atoms with Crippen molar-refractivity contribution < 1.29 is 14.2 Å². The van der Waals surface area contributed by atoms with Gasteiger partial charge in [-0.05, 0) is 68.7 Å². The van der Waals surface area contributed by atoms with Gasteiger partial charge in [0.25, 0.3) is 0 Å². The number of ether oxygens (including phenoxy) is 1. The number of aryl methyl sites for hydroxylation is 1. The number of hydrogen-bond acceptors (Lipinski definition) is 2. The smallest absolute Gasteiger partial charge is 0.123 e. The van der Waals surface area contributed by atoms with E-state index in [4.69, 9.17) is 4.74 Å². The average Bonchev–Trinajstić information content (AvgIpc) is 2.44. The normalized spacial score (nSPS) is 28.4. The molecule has 1 aromatic rings. The first-order chi connectivity index (χ1) is 9.48. The van der Waals surface area contributed by atoms with Gasteiger partial charge in [-0.3, -0.25) is 0 Å². The maximum Gasteiger partial charge on any atom is 0.123 e. The Morgan fingerprint density at radius 1 is 1.40 bits per heavy atom. The van der Waals surface area contributed by atoms with Crippen LogP contribution in [0.2, 0.25) is 0 Å². The zero-order valence-corrected chi connectivity index (χ0v) is 12.7.